The smallest absolute Gasteiger partial charge is 0.254 e. The number of hydrogen-bond acceptors (Lipinski definition) is 7. The van der Waals surface area contributed by atoms with Crippen LogP contribution in [-0.4, -0.2) is 41.2 Å². The fraction of sp³-hybridized carbons (Fsp3) is 0.333. The third-order valence-corrected chi connectivity index (χ3v) is 6.18. The molecule has 1 saturated carbocycles. The number of hydrogen-bond donors (Lipinski definition) is 0. The van der Waals surface area contributed by atoms with Crippen LogP contribution in [0.2, 0.25) is 0 Å². The van der Waals surface area contributed by atoms with Crippen molar-refractivity contribution in [1.82, 2.24) is 10.2 Å². The van der Waals surface area contributed by atoms with Crippen molar-refractivity contribution in [2.24, 2.45) is 0 Å². The molecule has 2 amide bonds. The summed E-state index contributed by atoms with van der Waals surface area (Å²) in [5, 5.41) is 16.4. The highest BCUT2D eigenvalue weighted by Crippen LogP contribution is 2.35. The minimum Gasteiger partial charge on any atom is -0.539 e. The summed E-state index contributed by atoms with van der Waals surface area (Å²) in [6, 6.07) is 13.9. The van der Waals surface area contributed by atoms with Crippen molar-refractivity contribution in [2.45, 2.75) is 44.8 Å². The largest absolute Gasteiger partial charge is 0.539 e. The number of aryl methyl sites for hydroxylation is 1. The van der Waals surface area contributed by atoms with Gasteiger partial charge in [-0.3, -0.25) is 14.5 Å². The van der Waals surface area contributed by atoms with Gasteiger partial charge in [-0.05, 0) is 48.7 Å². The lowest BCUT2D eigenvalue weighted by atomic mass is 10.2. The van der Waals surface area contributed by atoms with Gasteiger partial charge >= 0.3 is 0 Å². The highest BCUT2D eigenvalue weighted by atomic mass is 16.6. The minimum absolute atomic E-state index is 0.0746. The van der Waals surface area contributed by atoms with Gasteiger partial charge < -0.3 is 14.4 Å². The predicted molar refractivity (Wildman–Crippen MR) is 115 cm³/mol. The summed E-state index contributed by atoms with van der Waals surface area (Å²) in [6.45, 7) is 2.11. The van der Waals surface area contributed by atoms with Gasteiger partial charge in [-0.25, -0.2) is 4.90 Å². The van der Waals surface area contributed by atoms with Crippen LogP contribution < -0.4 is 19.4 Å². The Morgan fingerprint density at radius 3 is 2.48 bits per heavy atom. The molecule has 1 aliphatic carbocycles. The number of carbonyl (C=O) groups is 2. The van der Waals surface area contributed by atoms with Gasteiger partial charge in [-0.15, -0.1) is 0 Å². The van der Waals surface area contributed by atoms with E-state index in [2.05, 4.69) is 5.27 Å². The van der Waals surface area contributed by atoms with Crippen LogP contribution in [0.25, 0.3) is 5.69 Å². The first-order valence-corrected chi connectivity index (χ1v) is 10.9. The monoisotopic (exact) mass is 448 g/mol. The highest BCUT2D eigenvalue weighted by molar-refractivity contribution is 6.22. The standard InChI is InChI=1S/C24H24N4O5/c1-15-3-5-17(6-4-15)27-22(29)13-20(23(27)30)26(16-7-8-16)14-21-24(31)33-25-28(21)18-9-11-19(32-2)12-10-18/h3-6,9-12,16,20H,7-8,13-14H2,1-2H3. The second-order valence-electron chi connectivity index (χ2n) is 8.44. The average molecular weight is 448 g/mol. The SMILES string of the molecule is COc1ccc(-[n+]2noc([O-])c2CN(C2CC2)C2CC(=O)N(c3ccc(C)cc3)C2=O)cc1. The molecule has 2 aromatic carbocycles. The number of benzene rings is 2. The van der Waals surface area contributed by atoms with Gasteiger partial charge in [0, 0.05) is 18.2 Å². The molecule has 0 N–H and O–H groups in total. The lowest BCUT2D eigenvalue weighted by Gasteiger charge is -2.25. The molecule has 1 saturated heterocycles. The Kier molecular flexibility index (Phi) is 5.33. The van der Waals surface area contributed by atoms with E-state index < -0.39 is 12.0 Å². The molecule has 0 bridgehead atoms. The number of nitrogens with zero attached hydrogens (tertiary/aromatic N) is 4. The maximum absolute atomic E-state index is 13.3. The number of imide groups is 1. The van der Waals surface area contributed by atoms with Crippen LogP contribution in [0.5, 0.6) is 11.7 Å². The Bertz CT molecular complexity index is 1180. The molecule has 1 aromatic heterocycles. The Balaban J connectivity index is 1.43. The van der Waals surface area contributed by atoms with E-state index in [0.29, 0.717) is 22.8 Å². The van der Waals surface area contributed by atoms with Gasteiger partial charge in [0.25, 0.3) is 11.6 Å². The molecule has 9 heteroatoms. The van der Waals surface area contributed by atoms with Crippen molar-refractivity contribution in [3.05, 3.63) is 59.8 Å². The Morgan fingerprint density at radius 1 is 1.15 bits per heavy atom. The first-order valence-electron chi connectivity index (χ1n) is 10.9. The van der Waals surface area contributed by atoms with Gasteiger partial charge in [0.05, 0.1) is 37.1 Å². The Morgan fingerprint density at radius 2 is 1.85 bits per heavy atom. The lowest BCUT2D eigenvalue weighted by Crippen LogP contribution is -2.46. The summed E-state index contributed by atoms with van der Waals surface area (Å²) in [6.07, 6.45) is 1.89. The van der Waals surface area contributed by atoms with Crippen LogP contribution in [-0.2, 0) is 16.1 Å². The van der Waals surface area contributed by atoms with Crippen molar-refractivity contribution in [2.75, 3.05) is 12.0 Å². The molecular formula is C24H24N4O5. The van der Waals surface area contributed by atoms with E-state index in [1.165, 1.54) is 9.58 Å². The number of ether oxygens (including phenoxy) is 1. The van der Waals surface area contributed by atoms with Crippen molar-refractivity contribution in [3.8, 4) is 17.4 Å². The van der Waals surface area contributed by atoms with Crippen LogP contribution in [0, 0.1) is 6.92 Å². The molecule has 33 heavy (non-hydrogen) atoms. The van der Waals surface area contributed by atoms with E-state index in [1.807, 2.05) is 24.0 Å². The first-order chi connectivity index (χ1) is 16.0. The summed E-state index contributed by atoms with van der Waals surface area (Å²) in [7, 11) is 1.58. The lowest BCUT2D eigenvalue weighted by molar-refractivity contribution is -0.678. The van der Waals surface area contributed by atoms with E-state index in [1.54, 1.807) is 43.5 Å². The minimum atomic E-state index is -0.634. The highest BCUT2D eigenvalue weighted by Gasteiger charge is 2.48. The van der Waals surface area contributed by atoms with Crippen LogP contribution >= 0.6 is 0 Å². The second-order valence-corrected chi connectivity index (χ2v) is 8.44. The van der Waals surface area contributed by atoms with Crippen molar-refractivity contribution in [1.29, 1.82) is 0 Å². The summed E-state index contributed by atoms with van der Waals surface area (Å²) >= 11 is 0. The third-order valence-electron chi connectivity index (χ3n) is 6.18. The number of aromatic nitrogens is 2. The number of carbonyl (C=O) groups excluding carboxylic acids is 2. The van der Waals surface area contributed by atoms with Gasteiger partial charge in [-0.2, -0.15) is 0 Å². The zero-order chi connectivity index (χ0) is 23.1. The third kappa shape index (κ3) is 3.95. The molecule has 1 unspecified atom stereocenters. The maximum Gasteiger partial charge on any atom is 0.254 e. The molecule has 2 aliphatic rings. The Hall–Kier alpha value is -3.72. The molecule has 2 fully saturated rings. The van der Waals surface area contributed by atoms with E-state index in [9.17, 15) is 14.7 Å². The molecule has 5 rings (SSSR count). The molecule has 170 valence electrons. The van der Waals surface area contributed by atoms with Gasteiger partial charge in [0.15, 0.2) is 5.95 Å². The molecule has 0 spiro atoms. The summed E-state index contributed by atoms with van der Waals surface area (Å²) < 4.78 is 11.6. The molecule has 9 nitrogen and oxygen atoms in total. The number of methoxy groups -OCH3 is 1. The van der Waals surface area contributed by atoms with E-state index in [4.69, 9.17) is 9.26 Å². The molecule has 3 aromatic rings. The summed E-state index contributed by atoms with van der Waals surface area (Å²) in [5.41, 5.74) is 2.56. The van der Waals surface area contributed by atoms with Gasteiger partial charge in [0.1, 0.15) is 5.75 Å². The van der Waals surface area contributed by atoms with Crippen molar-refractivity contribution >= 4 is 17.5 Å². The molecule has 2 heterocycles. The predicted octanol–water partition coefficient (Wildman–Crippen LogP) is 1.64. The summed E-state index contributed by atoms with van der Waals surface area (Å²) in [5.74, 6) is -0.396. The van der Waals surface area contributed by atoms with Crippen LogP contribution in [0.4, 0.5) is 5.69 Å². The molecular weight excluding hydrogens is 424 g/mol. The maximum atomic E-state index is 13.3. The normalized spacial score (nSPS) is 18.4. The summed E-state index contributed by atoms with van der Waals surface area (Å²) in [4.78, 5) is 29.4. The van der Waals surface area contributed by atoms with E-state index in [-0.39, 0.29) is 30.8 Å². The average Bonchev–Trinajstić information content (AvgIpc) is 3.54. The Labute approximate surface area is 190 Å². The van der Waals surface area contributed by atoms with Gasteiger partial charge in [-0.1, -0.05) is 17.7 Å². The van der Waals surface area contributed by atoms with E-state index >= 15 is 0 Å². The zero-order valence-corrected chi connectivity index (χ0v) is 18.4. The topological polar surface area (TPSA) is 103 Å². The van der Waals surface area contributed by atoms with Crippen LogP contribution in [0.1, 0.15) is 30.5 Å². The van der Waals surface area contributed by atoms with Crippen molar-refractivity contribution < 1.29 is 28.6 Å². The quantitative estimate of drug-likeness (QED) is 0.400. The van der Waals surface area contributed by atoms with Crippen molar-refractivity contribution in [3.63, 3.8) is 0 Å². The molecule has 1 atom stereocenters. The second kappa shape index (κ2) is 8.32. The van der Waals surface area contributed by atoms with Crippen LogP contribution in [0.15, 0.2) is 53.1 Å². The first kappa shape index (κ1) is 21.1. The van der Waals surface area contributed by atoms with Gasteiger partial charge in [0.2, 0.25) is 11.6 Å². The number of amides is 2. The molecule has 1 aliphatic heterocycles. The number of anilines is 1. The zero-order valence-electron chi connectivity index (χ0n) is 18.4. The fourth-order valence-corrected chi connectivity index (χ4v) is 4.24. The van der Waals surface area contributed by atoms with Crippen LogP contribution in [0.3, 0.4) is 0 Å². The van der Waals surface area contributed by atoms with E-state index in [0.717, 1.165) is 18.4 Å². The number of rotatable bonds is 7. The fourth-order valence-electron chi connectivity index (χ4n) is 4.24. The molecule has 0 radical (unpaired) electrons.